The molecule has 114 valence electrons. The van der Waals surface area contributed by atoms with Crippen LogP contribution in [0.1, 0.15) is 50.1 Å². The van der Waals surface area contributed by atoms with E-state index in [1.807, 2.05) is 0 Å². The van der Waals surface area contributed by atoms with Crippen molar-refractivity contribution >= 4 is 38.2 Å². The van der Waals surface area contributed by atoms with E-state index < -0.39 is 0 Å². The number of anilines is 1. The average molecular weight is 369 g/mol. The van der Waals surface area contributed by atoms with Gasteiger partial charge < -0.3 is 5.32 Å². The van der Waals surface area contributed by atoms with Crippen LogP contribution in [0.2, 0.25) is 0 Å². The van der Waals surface area contributed by atoms with E-state index in [1.54, 1.807) is 18.3 Å². The Labute approximate surface area is 138 Å². The molecule has 0 aromatic carbocycles. The number of carbonyl (C=O) groups is 1. The molecule has 1 heterocycles. The molecule has 1 aromatic heterocycles. The van der Waals surface area contributed by atoms with E-state index >= 15 is 0 Å². The zero-order chi connectivity index (χ0) is 15.8. The van der Waals surface area contributed by atoms with Gasteiger partial charge in [0, 0.05) is 4.88 Å². The van der Waals surface area contributed by atoms with Crippen molar-refractivity contribution in [2.75, 3.05) is 5.32 Å². The van der Waals surface area contributed by atoms with Crippen molar-refractivity contribution < 1.29 is 4.79 Å². The summed E-state index contributed by atoms with van der Waals surface area (Å²) in [6.45, 7) is 8.61. The predicted molar refractivity (Wildman–Crippen MR) is 91.0 cm³/mol. The van der Waals surface area contributed by atoms with E-state index in [2.05, 4.69) is 48.1 Å². The SMILES string of the molecule is C[C@H](Br)C(=O)Nc1sc2c(c1C#N)CC[C@H](C(C)(C)C)C2. The first-order valence-corrected chi connectivity index (χ1v) is 8.96. The number of nitrogens with zero attached hydrogens (tertiary/aromatic N) is 1. The van der Waals surface area contributed by atoms with Gasteiger partial charge in [-0.05, 0) is 43.1 Å². The highest BCUT2D eigenvalue weighted by Gasteiger charge is 2.32. The summed E-state index contributed by atoms with van der Waals surface area (Å²) in [5.41, 5.74) is 2.10. The molecule has 0 spiro atoms. The number of nitriles is 1. The zero-order valence-corrected chi connectivity index (χ0v) is 15.3. The summed E-state index contributed by atoms with van der Waals surface area (Å²) < 4.78 is 0. The summed E-state index contributed by atoms with van der Waals surface area (Å²) in [5.74, 6) is 0.534. The van der Waals surface area contributed by atoms with Crippen molar-refractivity contribution in [2.45, 2.75) is 51.8 Å². The van der Waals surface area contributed by atoms with Crippen molar-refractivity contribution in [3.63, 3.8) is 0 Å². The number of amides is 1. The number of carbonyl (C=O) groups excluding carboxylic acids is 1. The van der Waals surface area contributed by atoms with Crippen molar-refractivity contribution in [3.8, 4) is 6.07 Å². The molecular weight excluding hydrogens is 348 g/mol. The Kier molecular flexibility index (Phi) is 4.79. The molecule has 0 unspecified atom stereocenters. The highest BCUT2D eigenvalue weighted by molar-refractivity contribution is 9.10. The fourth-order valence-electron chi connectivity index (χ4n) is 2.74. The quantitative estimate of drug-likeness (QED) is 0.781. The zero-order valence-electron chi connectivity index (χ0n) is 12.9. The highest BCUT2D eigenvalue weighted by atomic mass is 79.9. The van der Waals surface area contributed by atoms with Gasteiger partial charge in [0.15, 0.2) is 0 Å². The first kappa shape index (κ1) is 16.5. The number of halogens is 1. The first-order chi connectivity index (χ1) is 9.74. The minimum Gasteiger partial charge on any atom is -0.316 e. The molecule has 0 fully saturated rings. The van der Waals surface area contributed by atoms with E-state index in [0.29, 0.717) is 16.5 Å². The van der Waals surface area contributed by atoms with Gasteiger partial charge in [-0.15, -0.1) is 11.3 Å². The average Bonchev–Trinajstić information content (AvgIpc) is 2.73. The van der Waals surface area contributed by atoms with Gasteiger partial charge >= 0.3 is 0 Å². The lowest BCUT2D eigenvalue weighted by molar-refractivity contribution is -0.115. The molecule has 1 N–H and O–H groups in total. The van der Waals surface area contributed by atoms with Gasteiger partial charge in [0.05, 0.1) is 10.4 Å². The van der Waals surface area contributed by atoms with E-state index in [-0.39, 0.29) is 16.1 Å². The molecule has 1 aromatic rings. The molecule has 21 heavy (non-hydrogen) atoms. The normalized spacial score (nSPS) is 19.5. The largest absolute Gasteiger partial charge is 0.316 e. The van der Waals surface area contributed by atoms with Gasteiger partial charge in [-0.3, -0.25) is 4.79 Å². The number of hydrogen-bond acceptors (Lipinski definition) is 3. The van der Waals surface area contributed by atoms with Crippen LogP contribution in [0.25, 0.3) is 0 Å². The van der Waals surface area contributed by atoms with Crippen molar-refractivity contribution in [1.29, 1.82) is 5.26 Å². The van der Waals surface area contributed by atoms with Crippen LogP contribution >= 0.6 is 27.3 Å². The summed E-state index contributed by atoms with van der Waals surface area (Å²) in [5, 5.41) is 13.0. The molecular formula is C16H21BrN2OS. The molecule has 1 amide bonds. The van der Waals surface area contributed by atoms with Crippen LogP contribution in [0.3, 0.4) is 0 Å². The van der Waals surface area contributed by atoms with Gasteiger partial charge in [0.1, 0.15) is 11.1 Å². The molecule has 0 radical (unpaired) electrons. The molecule has 1 aliphatic carbocycles. The van der Waals surface area contributed by atoms with Gasteiger partial charge in [0.25, 0.3) is 0 Å². The summed E-state index contributed by atoms with van der Waals surface area (Å²) in [6, 6.07) is 2.28. The second-order valence-electron chi connectivity index (χ2n) is 6.73. The Hall–Kier alpha value is -0.860. The van der Waals surface area contributed by atoms with E-state index in [4.69, 9.17) is 0 Å². The summed E-state index contributed by atoms with van der Waals surface area (Å²) in [4.78, 5) is 12.9. The maximum Gasteiger partial charge on any atom is 0.238 e. The number of nitrogens with one attached hydrogen (secondary N) is 1. The molecule has 2 atom stereocenters. The van der Waals surface area contributed by atoms with Gasteiger partial charge in [0.2, 0.25) is 5.91 Å². The van der Waals surface area contributed by atoms with Crippen LogP contribution in [0.15, 0.2) is 0 Å². The van der Waals surface area contributed by atoms with Crippen LogP contribution in [-0.4, -0.2) is 10.7 Å². The highest BCUT2D eigenvalue weighted by Crippen LogP contribution is 2.44. The fourth-order valence-corrected chi connectivity index (χ4v) is 4.14. The lowest BCUT2D eigenvalue weighted by atomic mass is 9.72. The third kappa shape index (κ3) is 3.49. The maximum atomic E-state index is 11.9. The minimum absolute atomic E-state index is 0.0996. The second-order valence-corrected chi connectivity index (χ2v) is 9.21. The van der Waals surface area contributed by atoms with Crippen LogP contribution < -0.4 is 5.32 Å². The molecule has 2 rings (SSSR count). The van der Waals surface area contributed by atoms with Gasteiger partial charge in [-0.25, -0.2) is 0 Å². The lowest BCUT2D eigenvalue weighted by Gasteiger charge is -2.33. The van der Waals surface area contributed by atoms with E-state index in [0.717, 1.165) is 24.8 Å². The molecule has 0 saturated heterocycles. The third-order valence-corrected chi connectivity index (χ3v) is 5.79. The number of hydrogen-bond donors (Lipinski definition) is 1. The van der Waals surface area contributed by atoms with Gasteiger partial charge in [-0.1, -0.05) is 36.7 Å². The number of fused-ring (bicyclic) bond motifs is 1. The molecule has 0 aliphatic heterocycles. The van der Waals surface area contributed by atoms with Crippen LogP contribution in [0.4, 0.5) is 5.00 Å². The van der Waals surface area contributed by atoms with Crippen molar-refractivity contribution in [2.24, 2.45) is 11.3 Å². The molecule has 3 nitrogen and oxygen atoms in total. The predicted octanol–water partition coefficient (Wildman–Crippen LogP) is 4.49. The number of rotatable bonds is 2. The fraction of sp³-hybridized carbons (Fsp3) is 0.625. The monoisotopic (exact) mass is 368 g/mol. The summed E-state index contributed by atoms with van der Waals surface area (Å²) in [7, 11) is 0. The summed E-state index contributed by atoms with van der Waals surface area (Å²) >= 11 is 4.84. The molecule has 1 aliphatic rings. The number of alkyl halides is 1. The Morgan fingerprint density at radius 3 is 2.71 bits per heavy atom. The lowest BCUT2D eigenvalue weighted by Crippen LogP contribution is -2.26. The molecule has 0 bridgehead atoms. The number of thiophene rings is 1. The van der Waals surface area contributed by atoms with E-state index in [1.165, 1.54) is 4.88 Å². The topological polar surface area (TPSA) is 52.9 Å². The Morgan fingerprint density at radius 2 is 2.19 bits per heavy atom. The maximum absolute atomic E-state index is 11.9. The first-order valence-electron chi connectivity index (χ1n) is 7.23. The third-order valence-electron chi connectivity index (χ3n) is 4.20. The minimum atomic E-state index is -0.259. The Bertz CT molecular complexity index is 593. The van der Waals surface area contributed by atoms with Crippen LogP contribution in [0.5, 0.6) is 0 Å². The smallest absolute Gasteiger partial charge is 0.238 e. The Morgan fingerprint density at radius 1 is 1.52 bits per heavy atom. The summed E-state index contributed by atoms with van der Waals surface area (Å²) in [6.07, 6.45) is 3.07. The second kappa shape index (κ2) is 6.10. The standard InChI is InChI=1S/C16H21BrN2OS/c1-9(17)14(20)19-15-12(8-18)11-6-5-10(16(2,3)4)7-13(11)21-15/h9-10H,5-7H2,1-4H3,(H,19,20)/t9-,10-/m0/s1. The van der Waals surface area contributed by atoms with E-state index in [9.17, 15) is 10.1 Å². The molecule has 0 saturated carbocycles. The van der Waals surface area contributed by atoms with Crippen molar-refractivity contribution in [3.05, 3.63) is 16.0 Å². The van der Waals surface area contributed by atoms with Crippen LogP contribution in [-0.2, 0) is 17.6 Å². The van der Waals surface area contributed by atoms with Crippen LogP contribution in [0, 0.1) is 22.7 Å². The Balaban J connectivity index is 2.30. The van der Waals surface area contributed by atoms with Gasteiger partial charge in [-0.2, -0.15) is 5.26 Å². The van der Waals surface area contributed by atoms with Crippen molar-refractivity contribution in [1.82, 2.24) is 0 Å². The molecule has 5 heteroatoms.